The molecule has 3 nitrogen and oxygen atoms in total. The average molecular weight is 191 g/mol. The van der Waals surface area contributed by atoms with Gasteiger partial charge in [0.1, 0.15) is 0 Å². The minimum atomic E-state index is 0.484. The molecule has 0 bridgehead atoms. The number of hydrogen-bond donors (Lipinski definition) is 0. The van der Waals surface area contributed by atoms with Gasteiger partial charge in [-0.2, -0.15) is 5.10 Å². The van der Waals surface area contributed by atoms with Crippen LogP contribution in [0.2, 0.25) is 0 Å². The van der Waals surface area contributed by atoms with E-state index in [1.54, 1.807) is 10.7 Å². The van der Waals surface area contributed by atoms with Crippen LogP contribution in [0.5, 0.6) is 0 Å². The first kappa shape index (κ1) is 10.7. The van der Waals surface area contributed by atoms with Crippen molar-refractivity contribution in [3.05, 3.63) is 30.2 Å². The van der Waals surface area contributed by atoms with Crippen LogP contribution in [0.1, 0.15) is 39.2 Å². The maximum Gasteiger partial charge on any atom is 0.158 e. The van der Waals surface area contributed by atoms with E-state index >= 15 is 0 Å². The standard InChI is InChI=1S/C9H11N3.C2H6/c1-7(2)8-6-11-12-5-3-4-10-9(8)12;1-2/h3-7H,1-2H3;1-2H3. The molecule has 0 aromatic carbocycles. The highest BCUT2D eigenvalue weighted by atomic mass is 15.2. The van der Waals surface area contributed by atoms with Crippen LogP contribution >= 0.6 is 0 Å². The maximum atomic E-state index is 4.26. The van der Waals surface area contributed by atoms with E-state index in [0.29, 0.717) is 5.92 Å². The minimum Gasteiger partial charge on any atom is -0.237 e. The molecule has 0 aliphatic rings. The Bertz CT molecular complexity index is 390. The van der Waals surface area contributed by atoms with E-state index in [1.807, 2.05) is 32.3 Å². The van der Waals surface area contributed by atoms with Gasteiger partial charge in [-0.25, -0.2) is 9.50 Å². The summed E-state index contributed by atoms with van der Waals surface area (Å²) >= 11 is 0. The summed E-state index contributed by atoms with van der Waals surface area (Å²) in [6.07, 6.45) is 5.59. The first-order chi connectivity index (χ1) is 6.79. The second-order valence-corrected chi connectivity index (χ2v) is 3.14. The quantitative estimate of drug-likeness (QED) is 0.693. The summed E-state index contributed by atoms with van der Waals surface area (Å²) in [5, 5.41) is 4.19. The van der Waals surface area contributed by atoms with Gasteiger partial charge < -0.3 is 0 Å². The SMILES string of the molecule is CC.CC(C)c1cnn2cccnc12. The molecule has 0 spiro atoms. The molecule has 76 valence electrons. The molecule has 0 atom stereocenters. The van der Waals surface area contributed by atoms with Crippen LogP contribution in [-0.2, 0) is 0 Å². The molecule has 0 fully saturated rings. The molecule has 0 amide bonds. The van der Waals surface area contributed by atoms with Crippen molar-refractivity contribution >= 4 is 5.65 Å². The number of hydrogen-bond acceptors (Lipinski definition) is 2. The van der Waals surface area contributed by atoms with Crippen molar-refractivity contribution in [1.29, 1.82) is 0 Å². The highest BCUT2D eigenvalue weighted by Crippen LogP contribution is 2.17. The Morgan fingerprint density at radius 1 is 1.29 bits per heavy atom. The fourth-order valence-corrected chi connectivity index (χ4v) is 1.25. The van der Waals surface area contributed by atoms with Crippen LogP contribution in [0.25, 0.3) is 5.65 Å². The van der Waals surface area contributed by atoms with Crippen molar-refractivity contribution < 1.29 is 0 Å². The molecule has 2 aromatic rings. The van der Waals surface area contributed by atoms with Gasteiger partial charge in [-0.15, -0.1) is 0 Å². The van der Waals surface area contributed by atoms with Crippen molar-refractivity contribution in [2.45, 2.75) is 33.6 Å². The zero-order valence-electron chi connectivity index (χ0n) is 9.23. The summed E-state index contributed by atoms with van der Waals surface area (Å²) in [6, 6.07) is 1.88. The number of nitrogens with zero attached hydrogens (tertiary/aromatic N) is 3. The predicted molar refractivity (Wildman–Crippen MR) is 58.4 cm³/mol. The molecule has 0 aliphatic carbocycles. The Balaban J connectivity index is 0.000000461. The number of fused-ring (bicyclic) bond motifs is 1. The summed E-state index contributed by atoms with van der Waals surface area (Å²) < 4.78 is 1.80. The Hall–Kier alpha value is -1.38. The minimum absolute atomic E-state index is 0.484. The van der Waals surface area contributed by atoms with Crippen LogP contribution in [0.15, 0.2) is 24.7 Å². The Kier molecular flexibility index (Phi) is 3.63. The van der Waals surface area contributed by atoms with Crippen molar-refractivity contribution in [3.8, 4) is 0 Å². The number of rotatable bonds is 1. The summed E-state index contributed by atoms with van der Waals surface area (Å²) in [5.74, 6) is 0.484. The molecule has 2 rings (SSSR count). The van der Waals surface area contributed by atoms with Gasteiger partial charge >= 0.3 is 0 Å². The van der Waals surface area contributed by atoms with Gasteiger partial charge in [-0.3, -0.25) is 0 Å². The molecule has 2 aromatic heterocycles. The van der Waals surface area contributed by atoms with Gasteiger partial charge in [0.15, 0.2) is 5.65 Å². The Labute approximate surface area is 84.8 Å². The van der Waals surface area contributed by atoms with Crippen LogP contribution in [0.3, 0.4) is 0 Å². The van der Waals surface area contributed by atoms with E-state index in [9.17, 15) is 0 Å². The number of aromatic nitrogens is 3. The maximum absolute atomic E-state index is 4.26. The second-order valence-electron chi connectivity index (χ2n) is 3.14. The Morgan fingerprint density at radius 3 is 2.64 bits per heavy atom. The summed E-state index contributed by atoms with van der Waals surface area (Å²) in [7, 11) is 0. The summed E-state index contributed by atoms with van der Waals surface area (Å²) in [5.41, 5.74) is 2.17. The van der Waals surface area contributed by atoms with E-state index in [-0.39, 0.29) is 0 Å². The lowest BCUT2D eigenvalue weighted by molar-refractivity contribution is 0.871. The monoisotopic (exact) mass is 191 g/mol. The largest absolute Gasteiger partial charge is 0.237 e. The average Bonchev–Trinajstić information content (AvgIpc) is 2.64. The van der Waals surface area contributed by atoms with Crippen LogP contribution in [0.4, 0.5) is 0 Å². The third-order valence-electron chi connectivity index (χ3n) is 1.93. The molecular formula is C11H17N3. The highest BCUT2D eigenvalue weighted by Gasteiger charge is 2.06. The fourth-order valence-electron chi connectivity index (χ4n) is 1.25. The first-order valence-corrected chi connectivity index (χ1v) is 5.07. The highest BCUT2D eigenvalue weighted by molar-refractivity contribution is 5.47. The third kappa shape index (κ3) is 1.92. The van der Waals surface area contributed by atoms with Crippen molar-refractivity contribution in [1.82, 2.24) is 14.6 Å². The molecule has 0 saturated heterocycles. The van der Waals surface area contributed by atoms with Gasteiger partial charge in [-0.05, 0) is 12.0 Å². The second kappa shape index (κ2) is 4.74. The Morgan fingerprint density at radius 2 is 2.00 bits per heavy atom. The smallest absolute Gasteiger partial charge is 0.158 e. The molecule has 3 heteroatoms. The lowest BCUT2D eigenvalue weighted by Gasteiger charge is -1.99. The summed E-state index contributed by atoms with van der Waals surface area (Å²) in [6.45, 7) is 8.29. The molecule has 0 aliphatic heterocycles. The molecular weight excluding hydrogens is 174 g/mol. The van der Waals surface area contributed by atoms with Gasteiger partial charge in [-0.1, -0.05) is 27.7 Å². The molecule has 0 unspecified atom stereocenters. The van der Waals surface area contributed by atoms with Crippen LogP contribution in [-0.4, -0.2) is 14.6 Å². The first-order valence-electron chi connectivity index (χ1n) is 5.07. The van der Waals surface area contributed by atoms with Gasteiger partial charge in [0.05, 0.1) is 6.20 Å². The summed E-state index contributed by atoms with van der Waals surface area (Å²) in [4.78, 5) is 4.26. The lowest BCUT2D eigenvalue weighted by Crippen LogP contribution is -1.90. The molecule has 0 N–H and O–H groups in total. The van der Waals surface area contributed by atoms with E-state index < -0.39 is 0 Å². The topological polar surface area (TPSA) is 30.2 Å². The van der Waals surface area contributed by atoms with Crippen molar-refractivity contribution in [2.24, 2.45) is 0 Å². The molecule has 0 saturated carbocycles. The van der Waals surface area contributed by atoms with E-state index in [1.165, 1.54) is 5.56 Å². The van der Waals surface area contributed by atoms with Crippen LogP contribution < -0.4 is 0 Å². The molecule has 0 radical (unpaired) electrons. The normalized spacial score (nSPS) is 10.1. The molecule has 2 heterocycles. The van der Waals surface area contributed by atoms with Gasteiger partial charge in [0, 0.05) is 18.0 Å². The van der Waals surface area contributed by atoms with Crippen LogP contribution in [0, 0.1) is 0 Å². The van der Waals surface area contributed by atoms with E-state index in [0.717, 1.165) is 5.65 Å². The van der Waals surface area contributed by atoms with Gasteiger partial charge in [0.25, 0.3) is 0 Å². The zero-order chi connectivity index (χ0) is 10.6. The lowest BCUT2D eigenvalue weighted by atomic mass is 10.1. The predicted octanol–water partition coefficient (Wildman–Crippen LogP) is 2.88. The molecule has 14 heavy (non-hydrogen) atoms. The zero-order valence-corrected chi connectivity index (χ0v) is 9.23. The fraction of sp³-hybridized carbons (Fsp3) is 0.455. The van der Waals surface area contributed by atoms with Crippen molar-refractivity contribution in [3.63, 3.8) is 0 Å². The van der Waals surface area contributed by atoms with Crippen molar-refractivity contribution in [2.75, 3.05) is 0 Å². The van der Waals surface area contributed by atoms with E-state index in [4.69, 9.17) is 0 Å². The third-order valence-corrected chi connectivity index (χ3v) is 1.93. The van der Waals surface area contributed by atoms with E-state index in [2.05, 4.69) is 23.9 Å². The van der Waals surface area contributed by atoms with Gasteiger partial charge in [0.2, 0.25) is 0 Å².